The maximum absolute atomic E-state index is 5.61. The van der Waals surface area contributed by atoms with Crippen LogP contribution in [0, 0.1) is 24.7 Å². The van der Waals surface area contributed by atoms with Crippen molar-refractivity contribution in [2.24, 2.45) is 15.8 Å². The van der Waals surface area contributed by atoms with Gasteiger partial charge in [0.15, 0.2) is 0 Å². The number of aryl methyl sites for hydroxylation is 3. The van der Waals surface area contributed by atoms with E-state index in [1.165, 1.54) is 46.0 Å². The van der Waals surface area contributed by atoms with E-state index in [0.29, 0.717) is 17.6 Å². The maximum Gasteiger partial charge on any atom is 0.0622 e. The van der Waals surface area contributed by atoms with Gasteiger partial charge in [0.2, 0.25) is 0 Å². The third-order valence-electron chi connectivity index (χ3n) is 6.40. The molecule has 0 saturated carbocycles. The van der Waals surface area contributed by atoms with Crippen molar-refractivity contribution >= 4 is 17.0 Å². The molecule has 0 atom stereocenters. The van der Waals surface area contributed by atoms with Gasteiger partial charge in [-0.3, -0.25) is 4.99 Å². The number of nitrogens with zero attached hydrogens (tertiary/aromatic N) is 1. The lowest BCUT2D eigenvalue weighted by atomic mass is 9.82. The van der Waals surface area contributed by atoms with Crippen LogP contribution in [-0.2, 0) is 15.9 Å². The van der Waals surface area contributed by atoms with Gasteiger partial charge >= 0.3 is 0 Å². The first-order valence-corrected chi connectivity index (χ1v) is 16.6. The summed E-state index contributed by atoms with van der Waals surface area (Å²) in [6.07, 6.45) is 5.47. The number of H-pyrrole nitrogens is 1. The molecule has 0 radical (unpaired) electrons. The number of rotatable bonds is 4. The van der Waals surface area contributed by atoms with E-state index in [0.717, 1.165) is 32.6 Å². The van der Waals surface area contributed by atoms with Crippen molar-refractivity contribution in [3.8, 4) is 0 Å². The van der Waals surface area contributed by atoms with Crippen LogP contribution in [0.15, 0.2) is 45.8 Å². The second-order valence-corrected chi connectivity index (χ2v) is 14.3. The Balaban J connectivity index is -0.000000235. The van der Waals surface area contributed by atoms with Crippen molar-refractivity contribution in [2.75, 3.05) is 19.8 Å². The molecule has 5 heteroatoms. The zero-order valence-electron chi connectivity index (χ0n) is 29.2. The van der Waals surface area contributed by atoms with Crippen LogP contribution in [-0.4, -0.2) is 42.7 Å². The topological polar surface area (TPSA) is 46.6 Å². The summed E-state index contributed by atoms with van der Waals surface area (Å²) in [5, 5.41) is 2.15. The molecule has 1 fully saturated rings. The van der Waals surface area contributed by atoms with Crippen LogP contribution in [0.1, 0.15) is 141 Å². The SMILES string of the molecule is C.C.C.CC.CC(C)(C)CCc1cccs1.CC(C)OC1CCOCC1.CC1=NCC(C)=C1C(C)(C)C.Cc1ccc(C)[nH]1. The van der Waals surface area contributed by atoms with Crippen LogP contribution in [0.5, 0.6) is 0 Å². The number of hydrogen-bond acceptors (Lipinski definition) is 4. The monoisotopic (exact) mass is 637 g/mol. The molecule has 2 aromatic heterocycles. The summed E-state index contributed by atoms with van der Waals surface area (Å²) in [5.74, 6) is 0. The number of aromatic amines is 1. The van der Waals surface area contributed by atoms with Crippen LogP contribution < -0.4 is 0 Å². The highest BCUT2D eigenvalue weighted by atomic mass is 32.1. The summed E-state index contributed by atoms with van der Waals surface area (Å²) in [5.41, 5.74) is 7.34. The molecule has 44 heavy (non-hydrogen) atoms. The third-order valence-corrected chi connectivity index (χ3v) is 7.34. The lowest BCUT2D eigenvalue weighted by Crippen LogP contribution is -2.25. The Morgan fingerprint density at radius 2 is 1.43 bits per heavy atom. The van der Waals surface area contributed by atoms with Crippen LogP contribution in [0.2, 0.25) is 0 Å². The molecular weight excluding hydrogens is 561 g/mol. The molecule has 0 spiro atoms. The second-order valence-electron chi connectivity index (χ2n) is 13.3. The minimum atomic E-state index is 0. The van der Waals surface area contributed by atoms with Gasteiger partial charge < -0.3 is 14.5 Å². The fourth-order valence-electron chi connectivity index (χ4n) is 4.68. The molecule has 2 aliphatic rings. The zero-order chi connectivity index (χ0) is 31.6. The Kier molecular flexibility index (Phi) is 28.5. The van der Waals surface area contributed by atoms with Gasteiger partial charge in [-0.05, 0) is 113 Å². The highest BCUT2D eigenvalue weighted by Crippen LogP contribution is 2.32. The van der Waals surface area contributed by atoms with Crippen molar-refractivity contribution in [3.05, 3.63) is 57.1 Å². The molecule has 0 aromatic carbocycles. The van der Waals surface area contributed by atoms with Crippen LogP contribution in [0.3, 0.4) is 0 Å². The van der Waals surface area contributed by atoms with Crippen LogP contribution in [0.25, 0.3) is 0 Å². The van der Waals surface area contributed by atoms with E-state index < -0.39 is 0 Å². The summed E-state index contributed by atoms with van der Waals surface area (Å²) < 4.78 is 10.8. The van der Waals surface area contributed by atoms with Crippen molar-refractivity contribution in [2.45, 2.75) is 157 Å². The Hall–Kier alpha value is -1.69. The molecule has 2 aromatic rings. The Morgan fingerprint density at radius 3 is 1.73 bits per heavy atom. The lowest BCUT2D eigenvalue weighted by Gasteiger charge is -2.24. The highest BCUT2D eigenvalue weighted by molar-refractivity contribution is 7.09. The molecule has 4 heterocycles. The van der Waals surface area contributed by atoms with E-state index in [1.54, 1.807) is 0 Å². The van der Waals surface area contributed by atoms with Gasteiger partial charge in [-0.15, -0.1) is 11.3 Å². The van der Waals surface area contributed by atoms with Gasteiger partial charge in [0.25, 0.3) is 0 Å². The lowest BCUT2D eigenvalue weighted by molar-refractivity contribution is -0.0563. The Bertz CT molecular complexity index is 964. The van der Waals surface area contributed by atoms with E-state index in [-0.39, 0.29) is 27.7 Å². The highest BCUT2D eigenvalue weighted by Gasteiger charge is 2.24. The minimum Gasteiger partial charge on any atom is -0.381 e. The molecular formula is C39H76N2O2S. The van der Waals surface area contributed by atoms with E-state index in [1.807, 2.05) is 39.0 Å². The summed E-state index contributed by atoms with van der Waals surface area (Å²) in [6.45, 7) is 32.8. The van der Waals surface area contributed by atoms with Gasteiger partial charge in [-0.2, -0.15) is 0 Å². The van der Waals surface area contributed by atoms with E-state index >= 15 is 0 Å². The fraction of sp³-hybridized carbons (Fsp3) is 0.718. The van der Waals surface area contributed by atoms with E-state index in [2.05, 4.69) is 109 Å². The molecule has 0 bridgehead atoms. The van der Waals surface area contributed by atoms with Gasteiger partial charge in [0, 0.05) is 35.2 Å². The molecule has 4 rings (SSSR count). The summed E-state index contributed by atoms with van der Waals surface area (Å²) in [7, 11) is 0. The number of allylic oxidation sites excluding steroid dienone is 1. The average molecular weight is 637 g/mol. The van der Waals surface area contributed by atoms with Crippen LogP contribution >= 0.6 is 11.3 Å². The molecule has 4 nitrogen and oxygen atoms in total. The summed E-state index contributed by atoms with van der Waals surface area (Å²) in [6, 6.07) is 8.48. The first-order chi connectivity index (χ1) is 19.1. The quantitative estimate of drug-likeness (QED) is 0.363. The fourth-order valence-corrected chi connectivity index (χ4v) is 5.39. The first-order valence-electron chi connectivity index (χ1n) is 15.7. The molecule has 1 N–H and O–H groups in total. The number of aromatic nitrogens is 1. The molecule has 0 unspecified atom stereocenters. The molecule has 260 valence electrons. The number of nitrogens with one attached hydrogen (secondary N) is 1. The molecule has 2 aliphatic heterocycles. The Morgan fingerprint density at radius 1 is 0.909 bits per heavy atom. The second kappa shape index (κ2) is 25.5. The molecule has 0 aliphatic carbocycles. The van der Waals surface area contributed by atoms with Gasteiger partial charge in [-0.25, -0.2) is 0 Å². The van der Waals surface area contributed by atoms with Crippen molar-refractivity contribution < 1.29 is 9.47 Å². The van der Waals surface area contributed by atoms with Gasteiger partial charge in [0.1, 0.15) is 0 Å². The predicted molar refractivity (Wildman–Crippen MR) is 204 cm³/mol. The van der Waals surface area contributed by atoms with Gasteiger partial charge in [0.05, 0.1) is 18.8 Å². The largest absolute Gasteiger partial charge is 0.381 e. The average Bonchev–Trinajstić information content (AvgIpc) is 3.62. The smallest absolute Gasteiger partial charge is 0.0622 e. The van der Waals surface area contributed by atoms with E-state index in [9.17, 15) is 0 Å². The minimum absolute atomic E-state index is 0. The number of hydrogen-bond donors (Lipinski definition) is 1. The normalized spacial score (nSPS) is 14.4. The molecule has 1 saturated heterocycles. The van der Waals surface area contributed by atoms with Crippen molar-refractivity contribution in [3.63, 3.8) is 0 Å². The standard InChI is InChI=1S/C10H17N.C10H16S.C8H16O2.C6H9N.C2H6.3CH4/c1-7-6-11-8(2)9(7)10(3,4)5;1-10(2,3)7-6-9-5-4-8-11-9;1-7(2)10-8-3-5-9-6-4-8;1-5-3-4-6(2)7-5;1-2;;;/h6H2,1-5H3;4-5,8H,6-7H2,1-3H3;7-8H,3-6H2,1-2H3;3-4,7H,1-2H3;1-2H3;3*1H4. The summed E-state index contributed by atoms with van der Waals surface area (Å²) >= 11 is 1.86. The van der Waals surface area contributed by atoms with Crippen LogP contribution in [0.4, 0.5) is 0 Å². The molecule has 0 amide bonds. The first kappa shape index (κ1) is 49.2. The number of ether oxygens (including phenoxy) is 2. The predicted octanol–water partition coefficient (Wildman–Crippen LogP) is 12.7. The summed E-state index contributed by atoms with van der Waals surface area (Å²) in [4.78, 5) is 9.06. The maximum atomic E-state index is 5.61. The number of thiophene rings is 1. The third kappa shape index (κ3) is 23.7. The number of aliphatic imine (C=N–C) groups is 1. The Labute approximate surface area is 280 Å². The van der Waals surface area contributed by atoms with Crippen molar-refractivity contribution in [1.29, 1.82) is 0 Å². The zero-order valence-corrected chi connectivity index (χ0v) is 30.0. The van der Waals surface area contributed by atoms with Crippen molar-refractivity contribution in [1.82, 2.24) is 4.98 Å². The van der Waals surface area contributed by atoms with E-state index in [4.69, 9.17) is 9.47 Å². The van der Waals surface area contributed by atoms with Gasteiger partial charge in [-0.1, -0.05) is 83.7 Å².